The van der Waals surface area contributed by atoms with E-state index >= 15 is 0 Å². The average molecular weight is 555 g/mol. The number of aliphatic imine (C=N–C) groups is 3. The van der Waals surface area contributed by atoms with Crippen LogP contribution in [0.25, 0.3) is 0 Å². The summed E-state index contributed by atoms with van der Waals surface area (Å²) in [5.74, 6) is -1.06. The van der Waals surface area contributed by atoms with E-state index in [1.807, 2.05) is 24.3 Å². The highest BCUT2D eigenvalue weighted by molar-refractivity contribution is 7.38. The summed E-state index contributed by atoms with van der Waals surface area (Å²) in [7, 11) is 7.51. The molecule has 0 spiro atoms. The largest absolute Gasteiger partial charge is 0.366 e. The van der Waals surface area contributed by atoms with Gasteiger partial charge in [-0.05, 0) is 48.9 Å². The molecule has 3 aromatic rings. The molecule has 0 saturated heterocycles. The molecule has 0 aliphatic heterocycles. The number of aromatic nitrogens is 1. The molecule has 7 nitrogen and oxygen atoms in total. The number of alkyl halides is 1. The minimum absolute atomic E-state index is 0.177. The van der Waals surface area contributed by atoms with Gasteiger partial charge >= 0.3 is 0 Å². The number of hydrogen-bond donors (Lipinski definition) is 2. The van der Waals surface area contributed by atoms with Gasteiger partial charge in [0.1, 0.15) is 5.71 Å². The highest BCUT2D eigenvalue weighted by atomic mass is 31.1. The highest BCUT2D eigenvalue weighted by Gasteiger charge is 2.19. The third kappa shape index (κ3) is 9.66. The summed E-state index contributed by atoms with van der Waals surface area (Å²) in [5.41, 5.74) is 9.24. The van der Waals surface area contributed by atoms with Gasteiger partial charge in [-0.25, -0.2) is 8.78 Å². The van der Waals surface area contributed by atoms with Gasteiger partial charge in [0.2, 0.25) is 5.91 Å². The van der Waals surface area contributed by atoms with Crippen molar-refractivity contribution in [2.24, 2.45) is 20.7 Å². The molecule has 1 aromatic heterocycles. The van der Waals surface area contributed by atoms with E-state index in [1.54, 1.807) is 50.6 Å². The number of nitrogens with one attached hydrogen (secondary N) is 1. The van der Waals surface area contributed by atoms with Crippen LogP contribution in [0.3, 0.4) is 0 Å². The van der Waals surface area contributed by atoms with Gasteiger partial charge in [-0.1, -0.05) is 42.7 Å². The Kier molecular flexibility index (Phi) is 12.0. The van der Waals surface area contributed by atoms with E-state index in [1.165, 1.54) is 25.4 Å². The van der Waals surface area contributed by atoms with E-state index in [0.29, 0.717) is 16.7 Å². The molecule has 2 aromatic carbocycles. The highest BCUT2D eigenvalue weighted by Crippen LogP contribution is 2.40. The number of primary amides is 1. The first-order valence-electron chi connectivity index (χ1n) is 11.3. The minimum atomic E-state index is -1.52. The zero-order valence-electron chi connectivity index (χ0n) is 21.3. The van der Waals surface area contributed by atoms with E-state index in [2.05, 4.69) is 43.8 Å². The molecule has 0 aliphatic rings. The van der Waals surface area contributed by atoms with Crippen LogP contribution in [0.1, 0.15) is 34.1 Å². The number of halogens is 2. The number of nitrogens with two attached hydrogens (primary N) is 1. The van der Waals surface area contributed by atoms with Gasteiger partial charge < -0.3 is 11.1 Å². The van der Waals surface area contributed by atoms with Crippen molar-refractivity contribution < 1.29 is 13.6 Å². The van der Waals surface area contributed by atoms with Gasteiger partial charge in [-0.2, -0.15) is 0 Å². The van der Waals surface area contributed by atoms with Crippen LogP contribution in [0.5, 0.6) is 0 Å². The molecular weight excluding hydrogens is 524 g/mol. The van der Waals surface area contributed by atoms with Gasteiger partial charge in [0.25, 0.3) is 0 Å². The number of anilines is 2. The Morgan fingerprint density at radius 3 is 2.26 bits per heavy atom. The van der Waals surface area contributed by atoms with Gasteiger partial charge in [-0.15, -0.1) is 0 Å². The van der Waals surface area contributed by atoms with Crippen molar-refractivity contribution in [3.05, 3.63) is 101 Å². The van der Waals surface area contributed by atoms with Crippen LogP contribution in [0.15, 0.2) is 93.9 Å². The summed E-state index contributed by atoms with van der Waals surface area (Å²) >= 11 is 0. The average Bonchev–Trinajstić information content (AvgIpc) is 2.89. The lowest BCUT2D eigenvalue weighted by Gasteiger charge is -2.16. The number of carbonyl (C=O) groups excluding carboxylic acids is 1. The monoisotopic (exact) mass is 554 g/mol. The van der Waals surface area contributed by atoms with Crippen molar-refractivity contribution in [1.82, 2.24) is 4.98 Å². The summed E-state index contributed by atoms with van der Waals surface area (Å²) in [5, 5.41) is 1.68. The van der Waals surface area contributed by atoms with Crippen LogP contribution in [-0.4, -0.2) is 43.1 Å². The number of benzene rings is 2. The van der Waals surface area contributed by atoms with Crippen LogP contribution < -0.4 is 11.1 Å². The Morgan fingerprint density at radius 2 is 1.74 bits per heavy atom. The third-order valence-electron chi connectivity index (χ3n) is 4.87. The number of pyridine rings is 1. The second-order valence-corrected chi connectivity index (χ2v) is 10.1. The first kappa shape index (κ1) is 30.6. The summed E-state index contributed by atoms with van der Waals surface area (Å²) in [6.07, 6.45) is 5.96. The normalized spacial score (nSPS) is 12.4. The SMILES string of the molecule is CC=N/C=C(/F)C(=NC)c1ccc(C(N)=O)cc1.CN=Cc1ccc(Nc2cccc(C(F)(P)P)c2)cn1. The standard InChI is InChI=1S/C14H16FN3P2.C13H14FN3O/c1-16-8-12-5-6-13(9-17-12)18-11-4-2-3-10(7-11)14(15,19)20;1-3-17-8-11(14)12(16-2)9-4-6-10(7-5-9)13(15)18/h2-9,18H,19-20H2,1H3;3-8H,1-2H3,(H2,15,18)/b;11-8+,16-12?,17-3?. The van der Waals surface area contributed by atoms with Crippen molar-refractivity contribution in [3.8, 4) is 0 Å². The van der Waals surface area contributed by atoms with E-state index in [0.717, 1.165) is 23.3 Å². The molecule has 2 unspecified atom stereocenters. The lowest BCUT2D eigenvalue weighted by atomic mass is 10.1. The molecule has 198 valence electrons. The Morgan fingerprint density at radius 1 is 1.05 bits per heavy atom. The summed E-state index contributed by atoms with van der Waals surface area (Å²) < 4.78 is 27.6. The second-order valence-electron chi connectivity index (χ2n) is 7.73. The number of carbonyl (C=O) groups is 1. The molecule has 3 N–H and O–H groups in total. The number of rotatable bonds is 8. The van der Waals surface area contributed by atoms with E-state index < -0.39 is 16.9 Å². The summed E-state index contributed by atoms with van der Waals surface area (Å²) in [6.45, 7) is 1.69. The minimum Gasteiger partial charge on any atom is -0.366 e. The molecule has 1 heterocycles. The predicted octanol–water partition coefficient (Wildman–Crippen LogP) is 5.81. The third-order valence-corrected chi connectivity index (χ3v) is 5.54. The molecule has 0 saturated carbocycles. The van der Waals surface area contributed by atoms with Gasteiger partial charge in [0.05, 0.1) is 23.8 Å². The number of nitrogens with zero attached hydrogens (tertiary/aromatic N) is 4. The Bertz CT molecular complexity index is 1330. The predicted molar refractivity (Wildman–Crippen MR) is 160 cm³/mol. The maximum Gasteiger partial charge on any atom is 0.248 e. The van der Waals surface area contributed by atoms with Gasteiger partial charge in [0, 0.05) is 43.3 Å². The van der Waals surface area contributed by atoms with Crippen LogP contribution in [0.4, 0.5) is 20.2 Å². The van der Waals surface area contributed by atoms with Crippen molar-refractivity contribution in [2.75, 3.05) is 19.4 Å². The lowest BCUT2D eigenvalue weighted by molar-refractivity contribution is 0.100. The van der Waals surface area contributed by atoms with Crippen LogP contribution in [-0.2, 0) is 5.15 Å². The Hall–Kier alpha value is -3.67. The van der Waals surface area contributed by atoms with Crippen molar-refractivity contribution >= 4 is 53.9 Å². The molecule has 1 amide bonds. The lowest BCUT2D eigenvalue weighted by Crippen LogP contribution is -2.11. The fraction of sp³-hybridized carbons (Fsp3) is 0.148. The Labute approximate surface area is 225 Å². The molecular formula is C27H30F2N6OP2. The van der Waals surface area contributed by atoms with Gasteiger partial charge in [0.15, 0.2) is 11.0 Å². The van der Waals surface area contributed by atoms with Crippen LogP contribution in [0.2, 0.25) is 0 Å². The zero-order valence-corrected chi connectivity index (χ0v) is 23.6. The van der Waals surface area contributed by atoms with E-state index in [9.17, 15) is 13.6 Å². The molecule has 38 heavy (non-hydrogen) atoms. The zero-order chi connectivity index (χ0) is 28.1. The van der Waals surface area contributed by atoms with Gasteiger partial charge in [-0.3, -0.25) is 24.8 Å². The second kappa shape index (κ2) is 14.9. The Balaban J connectivity index is 0.000000269. The smallest absolute Gasteiger partial charge is 0.248 e. The number of allylic oxidation sites excluding steroid dienone is 1. The van der Waals surface area contributed by atoms with Crippen molar-refractivity contribution in [1.29, 1.82) is 0 Å². The molecule has 0 aliphatic carbocycles. The fourth-order valence-electron chi connectivity index (χ4n) is 3.06. The first-order chi connectivity index (χ1) is 18.1. The first-order valence-corrected chi connectivity index (χ1v) is 12.5. The summed E-state index contributed by atoms with van der Waals surface area (Å²) in [4.78, 5) is 26.6. The number of hydrogen-bond acceptors (Lipinski definition) is 6. The van der Waals surface area contributed by atoms with Crippen LogP contribution in [0, 0.1) is 0 Å². The van der Waals surface area contributed by atoms with Crippen LogP contribution >= 0.6 is 18.5 Å². The van der Waals surface area contributed by atoms with E-state index in [4.69, 9.17) is 5.73 Å². The quantitative estimate of drug-likeness (QED) is 0.271. The number of amides is 1. The molecule has 0 radical (unpaired) electrons. The van der Waals surface area contributed by atoms with E-state index in [-0.39, 0.29) is 5.71 Å². The van der Waals surface area contributed by atoms with Crippen molar-refractivity contribution in [3.63, 3.8) is 0 Å². The topological polar surface area (TPSA) is 105 Å². The maximum absolute atomic E-state index is 13.8. The molecule has 11 heteroatoms. The molecule has 3 rings (SSSR count). The fourth-order valence-corrected chi connectivity index (χ4v) is 3.42. The van der Waals surface area contributed by atoms with Crippen molar-refractivity contribution in [2.45, 2.75) is 12.1 Å². The molecule has 0 bridgehead atoms. The molecule has 0 fully saturated rings. The maximum atomic E-state index is 13.8. The summed E-state index contributed by atoms with van der Waals surface area (Å²) in [6, 6.07) is 17.2. The molecule has 2 atom stereocenters.